The van der Waals surface area contributed by atoms with E-state index >= 15 is 0 Å². The van der Waals surface area contributed by atoms with Gasteiger partial charge in [0.25, 0.3) is 0 Å². The van der Waals surface area contributed by atoms with Crippen molar-refractivity contribution >= 4 is 23.3 Å². The molecule has 0 saturated carbocycles. The predicted molar refractivity (Wildman–Crippen MR) is 152 cm³/mol. The van der Waals surface area contributed by atoms with Gasteiger partial charge in [0, 0.05) is 54.4 Å². The lowest BCUT2D eigenvalue weighted by atomic mass is 10.0. The van der Waals surface area contributed by atoms with Gasteiger partial charge in [-0.25, -0.2) is 9.97 Å². The maximum atomic E-state index is 13.0. The Balaban J connectivity index is 1.36. The highest BCUT2D eigenvalue weighted by Crippen LogP contribution is 2.29. The first-order valence-corrected chi connectivity index (χ1v) is 13.2. The molecule has 1 saturated heterocycles. The molecule has 4 aromatic rings. The fraction of sp³-hybridized carbons (Fsp3) is 0.258. The molecule has 0 bridgehead atoms. The lowest BCUT2D eigenvalue weighted by Crippen LogP contribution is -2.49. The molecule has 0 unspecified atom stereocenters. The van der Waals surface area contributed by atoms with Crippen LogP contribution in [0.2, 0.25) is 5.02 Å². The molecule has 1 aromatic heterocycles. The van der Waals surface area contributed by atoms with Gasteiger partial charge < -0.3 is 14.5 Å². The van der Waals surface area contributed by atoms with Crippen LogP contribution < -0.4 is 9.64 Å². The largest absolute Gasteiger partial charge is 0.497 e. The number of ether oxygens (including phenoxy) is 1. The van der Waals surface area contributed by atoms with Gasteiger partial charge in [-0.3, -0.25) is 4.79 Å². The topological polar surface area (TPSA) is 58.6 Å². The minimum Gasteiger partial charge on any atom is -0.497 e. The van der Waals surface area contributed by atoms with E-state index in [1.165, 1.54) is 0 Å². The number of halogens is 1. The van der Waals surface area contributed by atoms with Crippen molar-refractivity contribution in [3.8, 4) is 17.1 Å². The number of rotatable bonds is 7. The van der Waals surface area contributed by atoms with Crippen molar-refractivity contribution in [3.05, 3.63) is 106 Å². The summed E-state index contributed by atoms with van der Waals surface area (Å²) in [7, 11) is 1.64. The highest BCUT2D eigenvalue weighted by Gasteiger charge is 2.25. The standard InChI is InChI=1S/C31H31ClN4O2/c1-22-28(20-23-8-12-26(32)13-9-23)31(34-30(33-22)25-6-4-3-5-7-25)36-18-16-35(17-19-36)29(37)21-24-10-14-27(38-2)15-11-24/h3-15H,16-21H2,1-2H3. The number of methoxy groups -OCH3 is 1. The molecule has 0 radical (unpaired) electrons. The van der Waals surface area contributed by atoms with Gasteiger partial charge in [0.1, 0.15) is 11.6 Å². The number of amides is 1. The van der Waals surface area contributed by atoms with E-state index in [9.17, 15) is 4.79 Å². The maximum absolute atomic E-state index is 13.0. The molecule has 0 atom stereocenters. The van der Waals surface area contributed by atoms with Gasteiger partial charge in [0.15, 0.2) is 5.82 Å². The molecular weight excluding hydrogens is 496 g/mol. The molecule has 1 aliphatic heterocycles. The molecule has 3 aromatic carbocycles. The summed E-state index contributed by atoms with van der Waals surface area (Å²) < 4.78 is 5.22. The zero-order valence-corrected chi connectivity index (χ0v) is 22.5. The summed E-state index contributed by atoms with van der Waals surface area (Å²) in [6, 6.07) is 25.7. The van der Waals surface area contributed by atoms with Crippen LogP contribution in [0.4, 0.5) is 5.82 Å². The number of piperazine rings is 1. The number of hydrogen-bond acceptors (Lipinski definition) is 5. The molecule has 1 aliphatic rings. The maximum Gasteiger partial charge on any atom is 0.227 e. The third-order valence-electron chi connectivity index (χ3n) is 6.96. The first-order valence-electron chi connectivity index (χ1n) is 12.8. The van der Waals surface area contributed by atoms with Gasteiger partial charge >= 0.3 is 0 Å². The van der Waals surface area contributed by atoms with Crippen molar-refractivity contribution in [1.29, 1.82) is 0 Å². The number of aryl methyl sites for hydroxylation is 1. The Morgan fingerprint density at radius 3 is 2.18 bits per heavy atom. The number of aromatic nitrogens is 2. The number of anilines is 1. The third kappa shape index (κ3) is 5.97. The molecule has 194 valence electrons. The van der Waals surface area contributed by atoms with Crippen molar-refractivity contribution < 1.29 is 9.53 Å². The minimum absolute atomic E-state index is 0.139. The van der Waals surface area contributed by atoms with Crippen LogP contribution in [0.3, 0.4) is 0 Å². The van der Waals surface area contributed by atoms with E-state index in [4.69, 9.17) is 26.3 Å². The van der Waals surface area contributed by atoms with E-state index in [1.54, 1.807) is 7.11 Å². The SMILES string of the molecule is COc1ccc(CC(=O)N2CCN(c3nc(-c4ccccc4)nc(C)c3Cc3ccc(Cl)cc3)CC2)cc1. The lowest BCUT2D eigenvalue weighted by Gasteiger charge is -2.36. The van der Waals surface area contributed by atoms with Gasteiger partial charge in [-0.05, 0) is 42.3 Å². The summed E-state index contributed by atoms with van der Waals surface area (Å²) in [4.78, 5) is 27.2. The number of benzene rings is 3. The van der Waals surface area contributed by atoms with E-state index in [2.05, 4.69) is 11.8 Å². The number of carbonyl (C=O) groups is 1. The Kier molecular flexibility index (Phi) is 7.89. The Morgan fingerprint density at radius 2 is 1.53 bits per heavy atom. The van der Waals surface area contributed by atoms with Crippen LogP contribution in [0, 0.1) is 6.92 Å². The fourth-order valence-corrected chi connectivity index (χ4v) is 4.90. The second-order valence-electron chi connectivity index (χ2n) is 9.50. The minimum atomic E-state index is 0.139. The summed E-state index contributed by atoms with van der Waals surface area (Å²) in [6.45, 7) is 4.79. The smallest absolute Gasteiger partial charge is 0.227 e. The van der Waals surface area contributed by atoms with E-state index in [0.29, 0.717) is 39.0 Å². The van der Waals surface area contributed by atoms with Gasteiger partial charge in [-0.2, -0.15) is 0 Å². The van der Waals surface area contributed by atoms with Crippen molar-refractivity contribution in [2.45, 2.75) is 19.8 Å². The fourth-order valence-electron chi connectivity index (χ4n) is 4.77. The van der Waals surface area contributed by atoms with Crippen molar-refractivity contribution in [3.63, 3.8) is 0 Å². The van der Waals surface area contributed by atoms with Crippen LogP contribution in [-0.4, -0.2) is 54.1 Å². The predicted octanol–water partition coefficient (Wildman–Crippen LogP) is 5.60. The van der Waals surface area contributed by atoms with E-state index in [1.807, 2.05) is 83.8 Å². The first kappa shape index (κ1) is 25.7. The quantitative estimate of drug-likeness (QED) is 0.314. The molecule has 0 spiro atoms. The van der Waals surface area contributed by atoms with Crippen LogP contribution in [-0.2, 0) is 17.6 Å². The third-order valence-corrected chi connectivity index (χ3v) is 7.22. The van der Waals surface area contributed by atoms with Crippen molar-refractivity contribution in [2.24, 2.45) is 0 Å². The second-order valence-corrected chi connectivity index (χ2v) is 9.93. The Morgan fingerprint density at radius 1 is 0.868 bits per heavy atom. The molecule has 6 nitrogen and oxygen atoms in total. The van der Waals surface area contributed by atoms with Gasteiger partial charge in [-0.1, -0.05) is 66.2 Å². The average molecular weight is 527 g/mol. The van der Waals surface area contributed by atoms with Crippen molar-refractivity contribution in [2.75, 3.05) is 38.2 Å². The van der Waals surface area contributed by atoms with Crippen LogP contribution in [0.1, 0.15) is 22.4 Å². The summed E-state index contributed by atoms with van der Waals surface area (Å²) >= 11 is 6.12. The number of hydrogen-bond donors (Lipinski definition) is 0. The van der Waals surface area contributed by atoms with Gasteiger partial charge in [0.2, 0.25) is 5.91 Å². The summed E-state index contributed by atoms with van der Waals surface area (Å²) in [5, 5.41) is 0.719. The Bertz CT molecular complexity index is 1380. The monoisotopic (exact) mass is 526 g/mol. The second kappa shape index (κ2) is 11.7. The molecule has 7 heteroatoms. The molecule has 0 N–H and O–H groups in total. The summed E-state index contributed by atoms with van der Waals surface area (Å²) in [5.41, 5.74) is 5.19. The molecule has 1 fully saturated rings. The van der Waals surface area contributed by atoms with Crippen molar-refractivity contribution in [1.82, 2.24) is 14.9 Å². The lowest BCUT2D eigenvalue weighted by molar-refractivity contribution is -0.130. The van der Waals surface area contributed by atoms with E-state index in [0.717, 1.165) is 50.4 Å². The molecule has 2 heterocycles. The molecular formula is C31H31ClN4O2. The van der Waals surface area contributed by atoms with E-state index in [-0.39, 0.29) is 5.91 Å². The van der Waals surface area contributed by atoms with Crippen LogP contribution in [0.5, 0.6) is 5.75 Å². The summed E-state index contributed by atoms with van der Waals surface area (Å²) in [6.07, 6.45) is 1.10. The Hall–Kier alpha value is -3.90. The molecule has 0 aliphatic carbocycles. The Labute approximate surface area is 228 Å². The average Bonchev–Trinajstić information content (AvgIpc) is 2.96. The van der Waals surface area contributed by atoms with Crippen LogP contribution >= 0.6 is 11.6 Å². The van der Waals surface area contributed by atoms with Gasteiger partial charge in [0.05, 0.1) is 13.5 Å². The molecule has 38 heavy (non-hydrogen) atoms. The first-order chi connectivity index (χ1) is 18.5. The van der Waals surface area contributed by atoms with Crippen LogP contribution in [0.25, 0.3) is 11.4 Å². The number of nitrogens with zero attached hydrogens (tertiary/aromatic N) is 4. The summed E-state index contributed by atoms with van der Waals surface area (Å²) in [5.74, 6) is 2.59. The zero-order chi connectivity index (χ0) is 26.5. The molecule has 1 amide bonds. The highest BCUT2D eigenvalue weighted by molar-refractivity contribution is 6.30. The highest BCUT2D eigenvalue weighted by atomic mass is 35.5. The van der Waals surface area contributed by atoms with Gasteiger partial charge in [-0.15, -0.1) is 0 Å². The zero-order valence-electron chi connectivity index (χ0n) is 21.7. The normalized spacial score (nSPS) is 13.4. The van der Waals surface area contributed by atoms with E-state index < -0.39 is 0 Å². The number of carbonyl (C=O) groups excluding carboxylic acids is 1. The molecule has 5 rings (SSSR count). The van der Waals surface area contributed by atoms with Crippen LogP contribution in [0.15, 0.2) is 78.9 Å².